The van der Waals surface area contributed by atoms with E-state index in [-0.39, 0.29) is 5.91 Å². The molecule has 6 nitrogen and oxygen atoms in total. The summed E-state index contributed by atoms with van der Waals surface area (Å²) in [6, 6.07) is 22.9. The fraction of sp³-hybridized carbons (Fsp3) is 0.120. The number of para-hydroxylation sites is 1. The summed E-state index contributed by atoms with van der Waals surface area (Å²) < 4.78 is 6.02. The third-order valence-electron chi connectivity index (χ3n) is 5.01. The number of carbonyl (C=O) groups excluding carboxylic acids is 1. The Morgan fingerprint density at radius 1 is 1.06 bits per heavy atom. The lowest BCUT2D eigenvalue weighted by molar-refractivity contribution is 0.0976. The van der Waals surface area contributed by atoms with Gasteiger partial charge in [-0.3, -0.25) is 15.1 Å². The summed E-state index contributed by atoms with van der Waals surface area (Å²) in [5.41, 5.74) is 3.58. The molecule has 0 unspecified atom stereocenters. The molecule has 162 valence electrons. The smallest absolute Gasteiger partial charge is 0.259 e. The van der Waals surface area contributed by atoms with E-state index in [0.717, 1.165) is 22.1 Å². The zero-order valence-electron chi connectivity index (χ0n) is 17.6. The first-order chi connectivity index (χ1) is 15.6. The topological polar surface area (TPSA) is 78.5 Å². The Balaban J connectivity index is 1.54. The number of rotatable bonds is 6. The van der Waals surface area contributed by atoms with E-state index in [2.05, 4.69) is 48.7 Å². The van der Waals surface area contributed by atoms with E-state index in [9.17, 15) is 4.79 Å². The van der Waals surface area contributed by atoms with Gasteiger partial charge < -0.3 is 15.0 Å². The highest BCUT2D eigenvalue weighted by molar-refractivity contribution is 9.10. The van der Waals surface area contributed by atoms with Gasteiger partial charge in [-0.05, 0) is 58.2 Å². The quantitative estimate of drug-likeness (QED) is 0.250. The molecule has 32 heavy (non-hydrogen) atoms. The maximum absolute atomic E-state index is 12.9. The first kappa shape index (κ1) is 21.6. The molecule has 0 aliphatic carbocycles. The molecule has 4 aromatic rings. The van der Waals surface area contributed by atoms with Gasteiger partial charge in [0, 0.05) is 39.9 Å². The predicted octanol–water partition coefficient (Wildman–Crippen LogP) is 5.38. The Hall–Kier alpha value is -3.58. The van der Waals surface area contributed by atoms with Crippen LogP contribution < -0.4 is 15.4 Å². The monoisotopic (exact) mass is 490 g/mol. The summed E-state index contributed by atoms with van der Waals surface area (Å²) in [5.74, 6) is 0.836. The highest BCUT2D eigenvalue weighted by Crippen LogP contribution is 2.19. The lowest BCUT2D eigenvalue weighted by Gasteiger charge is -2.13. The van der Waals surface area contributed by atoms with Gasteiger partial charge in [-0.1, -0.05) is 36.4 Å². The third kappa shape index (κ3) is 5.18. The Morgan fingerprint density at radius 2 is 1.88 bits per heavy atom. The Kier molecular flexibility index (Phi) is 6.87. The molecular weight excluding hydrogens is 468 g/mol. The molecule has 0 bridgehead atoms. The molecule has 1 amide bonds. The number of hydrogen-bond acceptors (Lipinski definition) is 3. The lowest BCUT2D eigenvalue weighted by atomic mass is 10.1. The molecule has 4 rings (SSSR count). The minimum Gasteiger partial charge on any atom is -0.497 e. The number of H-pyrrole nitrogens is 1. The molecule has 3 aromatic carbocycles. The van der Waals surface area contributed by atoms with Gasteiger partial charge in [0.1, 0.15) is 5.75 Å². The van der Waals surface area contributed by atoms with E-state index in [1.807, 2.05) is 60.8 Å². The molecule has 3 N–H and O–H groups in total. The summed E-state index contributed by atoms with van der Waals surface area (Å²) in [5, 5.41) is 7.29. The van der Waals surface area contributed by atoms with E-state index in [1.165, 1.54) is 10.9 Å². The number of guanidine groups is 1. The van der Waals surface area contributed by atoms with Crippen molar-refractivity contribution in [2.45, 2.75) is 6.42 Å². The number of fused-ring (bicyclic) bond motifs is 1. The van der Waals surface area contributed by atoms with Gasteiger partial charge in [0.15, 0.2) is 0 Å². The van der Waals surface area contributed by atoms with Crippen LogP contribution in [0, 0.1) is 0 Å². The van der Waals surface area contributed by atoms with Gasteiger partial charge in [-0.15, -0.1) is 0 Å². The number of aromatic amines is 1. The zero-order valence-corrected chi connectivity index (χ0v) is 19.1. The van der Waals surface area contributed by atoms with Gasteiger partial charge in [-0.2, -0.15) is 0 Å². The number of aromatic nitrogens is 1. The molecule has 1 heterocycles. The normalized spacial score (nSPS) is 11.4. The van der Waals surface area contributed by atoms with E-state index in [1.54, 1.807) is 13.2 Å². The van der Waals surface area contributed by atoms with Gasteiger partial charge >= 0.3 is 0 Å². The number of anilines is 1. The molecule has 0 spiro atoms. The van der Waals surface area contributed by atoms with Gasteiger partial charge in [0.2, 0.25) is 5.96 Å². The number of nitrogens with one attached hydrogen (secondary N) is 3. The van der Waals surface area contributed by atoms with E-state index >= 15 is 0 Å². The molecule has 1 aromatic heterocycles. The van der Waals surface area contributed by atoms with E-state index in [4.69, 9.17) is 4.74 Å². The molecular formula is C25H23BrN4O2. The van der Waals surface area contributed by atoms with E-state index in [0.29, 0.717) is 23.8 Å². The molecule has 0 aliphatic rings. The second-order valence-corrected chi connectivity index (χ2v) is 7.99. The summed E-state index contributed by atoms with van der Waals surface area (Å²) in [6.07, 6.45) is 2.74. The minimum atomic E-state index is -0.251. The number of amides is 1. The van der Waals surface area contributed by atoms with Crippen molar-refractivity contribution in [3.05, 3.63) is 94.6 Å². The van der Waals surface area contributed by atoms with Crippen molar-refractivity contribution in [2.75, 3.05) is 19.0 Å². The summed E-state index contributed by atoms with van der Waals surface area (Å²) >= 11 is 3.43. The number of halogens is 1. The fourth-order valence-corrected chi connectivity index (χ4v) is 3.86. The van der Waals surface area contributed by atoms with Gasteiger partial charge in [0.05, 0.1) is 12.7 Å². The molecule has 7 heteroatoms. The number of hydrogen-bond donors (Lipinski definition) is 3. The predicted molar refractivity (Wildman–Crippen MR) is 133 cm³/mol. The van der Waals surface area contributed by atoms with Crippen LogP contribution in [0.15, 0.2) is 88.5 Å². The van der Waals surface area contributed by atoms with Crippen LogP contribution in [0.4, 0.5) is 5.69 Å². The Morgan fingerprint density at radius 3 is 2.72 bits per heavy atom. The van der Waals surface area contributed by atoms with Crippen LogP contribution in [0.25, 0.3) is 10.9 Å². The van der Waals surface area contributed by atoms with Crippen LogP contribution in [0.2, 0.25) is 0 Å². The van der Waals surface area contributed by atoms with Crippen LogP contribution in [0.3, 0.4) is 0 Å². The molecule has 0 saturated carbocycles. The lowest BCUT2D eigenvalue weighted by Crippen LogP contribution is -2.36. The van der Waals surface area contributed by atoms with Crippen molar-refractivity contribution >= 4 is 44.4 Å². The van der Waals surface area contributed by atoms with Gasteiger partial charge in [0.25, 0.3) is 5.91 Å². The fourth-order valence-electron chi connectivity index (χ4n) is 3.39. The summed E-state index contributed by atoms with van der Waals surface area (Å²) in [4.78, 5) is 20.8. The number of benzene rings is 3. The first-order valence-corrected chi connectivity index (χ1v) is 11.0. The Bertz CT molecular complexity index is 1270. The van der Waals surface area contributed by atoms with Crippen molar-refractivity contribution in [1.29, 1.82) is 0 Å². The summed E-state index contributed by atoms with van der Waals surface area (Å²) in [7, 11) is 1.62. The first-order valence-electron chi connectivity index (χ1n) is 10.2. The summed E-state index contributed by atoms with van der Waals surface area (Å²) in [6.45, 7) is 0.504. The van der Waals surface area contributed by atoms with Crippen molar-refractivity contribution in [2.24, 2.45) is 4.99 Å². The number of nitrogens with zero attached hydrogens (tertiary/aromatic N) is 1. The third-order valence-corrected chi connectivity index (χ3v) is 5.70. The maximum atomic E-state index is 12.9. The number of aliphatic imine (C=N–C) groups is 1. The maximum Gasteiger partial charge on any atom is 0.259 e. The van der Waals surface area contributed by atoms with Gasteiger partial charge in [-0.25, -0.2) is 0 Å². The van der Waals surface area contributed by atoms with Crippen LogP contribution in [0.5, 0.6) is 5.75 Å². The zero-order chi connectivity index (χ0) is 22.3. The Labute approximate surface area is 194 Å². The van der Waals surface area contributed by atoms with Crippen molar-refractivity contribution in [1.82, 2.24) is 10.3 Å². The van der Waals surface area contributed by atoms with Crippen LogP contribution >= 0.6 is 15.9 Å². The second-order valence-electron chi connectivity index (χ2n) is 7.13. The molecule has 0 atom stereocenters. The molecule has 0 fully saturated rings. The van der Waals surface area contributed by atoms with Crippen molar-refractivity contribution in [3.63, 3.8) is 0 Å². The number of ether oxygens (including phenoxy) is 1. The standard InChI is InChI=1S/C25H23BrN4O2/c1-32-19-8-6-7-18(15-19)29-25(30-24(31)21-10-2-4-11-22(21)26)27-14-13-17-16-28-23-12-5-3-9-20(17)23/h2-12,15-16,28H,13-14H2,1H3,(H2,27,29,30,31). The second kappa shape index (κ2) is 10.2. The van der Waals surface area contributed by atoms with Crippen LogP contribution in [0.1, 0.15) is 15.9 Å². The van der Waals surface area contributed by atoms with Crippen molar-refractivity contribution < 1.29 is 9.53 Å². The average molecular weight is 491 g/mol. The number of carbonyl (C=O) groups is 1. The highest BCUT2D eigenvalue weighted by atomic mass is 79.9. The van der Waals surface area contributed by atoms with Crippen LogP contribution in [-0.4, -0.2) is 30.5 Å². The average Bonchev–Trinajstić information content (AvgIpc) is 3.22. The molecule has 0 saturated heterocycles. The van der Waals surface area contributed by atoms with Crippen molar-refractivity contribution in [3.8, 4) is 5.75 Å². The largest absolute Gasteiger partial charge is 0.497 e. The van der Waals surface area contributed by atoms with E-state index < -0.39 is 0 Å². The van der Waals surface area contributed by atoms with Crippen LogP contribution in [-0.2, 0) is 6.42 Å². The molecule has 0 radical (unpaired) electrons. The molecule has 0 aliphatic heterocycles. The highest BCUT2D eigenvalue weighted by Gasteiger charge is 2.12. The number of methoxy groups -OCH3 is 1. The minimum absolute atomic E-state index is 0.251. The SMILES string of the molecule is COc1cccc(NC(=NCCc2c[nH]c3ccccc23)NC(=O)c2ccccc2Br)c1.